The number of nitrogens with one attached hydrogen (secondary N) is 1. The Morgan fingerprint density at radius 3 is 2.45 bits per heavy atom. The third-order valence-corrected chi connectivity index (χ3v) is 5.12. The number of nitro groups is 1. The third kappa shape index (κ3) is 5.29. The average Bonchev–Trinajstić information content (AvgIpc) is 2.68. The summed E-state index contributed by atoms with van der Waals surface area (Å²) < 4.78 is 5.24. The maximum Gasteiger partial charge on any atom is 0.294 e. The minimum atomic E-state index is -0.431. The van der Waals surface area contributed by atoms with E-state index in [1.54, 1.807) is 30.3 Å². The Kier molecular flexibility index (Phi) is 6.79. The molecule has 1 N–H and O–H groups in total. The van der Waals surface area contributed by atoms with E-state index >= 15 is 0 Å². The van der Waals surface area contributed by atoms with E-state index < -0.39 is 4.92 Å². The van der Waals surface area contributed by atoms with Crippen LogP contribution in [0.2, 0.25) is 10.0 Å². The van der Waals surface area contributed by atoms with Crippen LogP contribution in [0.5, 0.6) is 5.75 Å². The molecule has 2 aromatic rings. The minimum absolute atomic E-state index is 0.0169. The van der Waals surface area contributed by atoms with E-state index in [1.807, 2.05) is 9.80 Å². The van der Waals surface area contributed by atoms with E-state index in [9.17, 15) is 14.9 Å². The Hall–Kier alpha value is -2.55. The summed E-state index contributed by atoms with van der Waals surface area (Å²) in [7, 11) is 1.52. The molecule has 1 saturated heterocycles. The molecule has 0 spiro atoms. The first kappa shape index (κ1) is 21.2. The van der Waals surface area contributed by atoms with Crippen LogP contribution >= 0.6 is 23.2 Å². The first-order valence-electron chi connectivity index (χ1n) is 8.92. The van der Waals surface area contributed by atoms with Gasteiger partial charge in [0.1, 0.15) is 11.4 Å². The number of nitro benzene ring substituents is 1. The molecule has 1 aliphatic heterocycles. The zero-order valence-corrected chi connectivity index (χ0v) is 17.2. The molecule has 8 nitrogen and oxygen atoms in total. The van der Waals surface area contributed by atoms with E-state index in [0.717, 1.165) is 0 Å². The summed E-state index contributed by atoms with van der Waals surface area (Å²) in [6, 6.07) is 9.67. The lowest BCUT2D eigenvalue weighted by molar-refractivity contribution is -0.384. The predicted molar refractivity (Wildman–Crippen MR) is 113 cm³/mol. The van der Waals surface area contributed by atoms with Gasteiger partial charge < -0.3 is 15.0 Å². The van der Waals surface area contributed by atoms with Crippen molar-refractivity contribution < 1.29 is 14.5 Å². The molecular weight excluding hydrogens is 419 g/mol. The summed E-state index contributed by atoms with van der Waals surface area (Å²) >= 11 is 11.9. The minimum Gasteiger partial charge on any atom is -0.495 e. The molecule has 1 heterocycles. The number of hydrogen-bond acceptors (Lipinski definition) is 6. The first-order chi connectivity index (χ1) is 13.9. The van der Waals surface area contributed by atoms with E-state index in [1.165, 1.54) is 13.2 Å². The van der Waals surface area contributed by atoms with E-state index in [4.69, 9.17) is 27.9 Å². The number of benzene rings is 2. The SMILES string of the molecule is COc1ccc(Cl)cc1NC(=O)CN1CCN(c2ccc(Cl)cc2[N+](=O)[O-])CC1. The van der Waals surface area contributed by atoms with Crippen molar-refractivity contribution in [3.8, 4) is 5.75 Å². The van der Waals surface area contributed by atoms with Crippen molar-refractivity contribution in [2.75, 3.05) is 50.1 Å². The molecule has 0 aromatic heterocycles. The van der Waals surface area contributed by atoms with E-state index in [-0.39, 0.29) is 18.1 Å². The molecule has 0 bridgehead atoms. The number of carbonyl (C=O) groups excluding carboxylic acids is 1. The van der Waals surface area contributed by atoms with Gasteiger partial charge in [-0.2, -0.15) is 0 Å². The number of piperazine rings is 1. The molecule has 154 valence electrons. The van der Waals surface area contributed by atoms with Crippen molar-refractivity contribution in [3.63, 3.8) is 0 Å². The lowest BCUT2D eigenvalue weighted by atomic mass is 10.2. The number of hydrogen-bond donors (Lipinski definition) is 1. The van der Waals surface area contributed by atoms with Gasteiger partial charge in [0.15, 0.2) is 0 Å². The molecule has 1 aliphatic rings. The van der Waals surface area contributed by atoms with Crippen LogP contribution in [0.25, 0.3) is 0 Å². The summed E-state index contributed by atoms with van der Waals surface area (Å²) in [5.74, 6) is 0.346. The van der Waals surface area contributed by atoms with Crippen LogP contribution in [0.3, 0.4) is 0 Å². The number of halogens is 2. The quantitative estimate of drug-likeness (QED) is 0.546. The second kappa shape index (κ2) is 9.30. The third-order valence-electron chi connectivity index (χ3n) is 4.65. The summed E-state index contributed by atoms with van der Waals surface area (Å²) in [5.41, 5.74) is 1.03. The molecule has 0 aliphatic carbocycles. The number of carbonyl (C=O) groups is 1. The molecule has 29 heavy (non-hydrogen) atoms. The Labute approximate surface area is 178 Å². The summed E-state index contributed by atoms with van der Waals surface area (Å²) in [4.78, 5) is 27.2. The van der Waals surface area contributed by atoms with Gasteiger partial charge in [-0.05, 0) is 30.3 Å². The molecule has 0 unspecified atom stereocenters. The highest BCUT2D eigenvalue weighted by Crippen LogP contribution is 2.32. The first-order valence-corrected chi connectivity index (χ1v) is 9.67. The second-order valence-corrected chi connectivity index (χ2v) is 7.42. The monoisotopic (exact) mass is 438 g/mol. The molecular formula is C19H20Cl2N4O4. The highest BCUT2D eigenvalue weighted by atomic mass is 35.5. The summed E-state index contributed by atoms with van der Waals surface area (Å²) in [6.07, 6.45) is 0. The molecule has 0 atom stereocenters. The van der Waals surface area contributed by atoms with Crippen LogP contribution in [-0.2, 0) is 4.79 Å². The van der Waals surface area contributed by atoms with Crippen molar-refractivity contribution in [2.45, 2.75) is 0 Å². The fourth-order valence-corrected chi connectivity index (χ4v) is 3.57. The van der Waals surface area contributed by atoms with Gasteiger partial charge in [-0.1, -0.05) is 23.2 Å². The number of nitrogens with zero attached hydrogens (tertiary/aromatic N) is 3. The highest BCUT2D eigenvalue weighted by Gasteiger charge is 2.25. The fourth-order valence-electron chi connectivity index (χ4n) is 3.23. The van der Waals surface area contributed by atoms with E-state index in [2.05, 4.69) is 5.32 Å². The van der Waals surface area contributed by atoms with Crippen LogP contribution < -0.4 is 15.0 Å². The smallest absolute Gasteiger partial charge is 0.294 e. The molecule has 0 saturated carbocycles. The van der Waals surface area contributed by atoms with Gasteiger partial charge in [-0.3, -0.25) is 19.8 Å². The summed E-state index contributed by atoms with van der Waals surface area (Å²) in [6.45, 7) is 2.53. The maximum absolute atomic E-state index is 12.4. The van der Waals surface area contributed by atoms with Crippen molar-refractivity contribution in [1.29, 1.82) is 0 Å². The number of methoxy groups -OCH3 is 1. The number of anilines is 2. The maximum atomic E-state index is 12.4. The summed E-state index contributed by atoms with van der Waals surface area (Å²) in [5, 5.41) is 15.0. The topological polar surface area (TPSA) is 88.0 Å². The largest absolute Gasteiger partial charge is 0.495 e. The Balaban J connectivity index is 1.59. The number of rotatable bonds is 6. The van der Waals surface area contributed by atoms with Gasteiger partial charge in [-0.25, -0.2) is 0 Å². The zero-order chi connectivity index (χ0) is 21.0. The van der Waals surface area contributed by atoms with Gasteiger partial charge in [0.05, 0.1) is 24.3 Å². The predicted octanol–water partition coefficient (Wildman–Crippen LogP) is 3.67. The van der Waals surface area contributed by atoms with Crippen molar-refractivity contribution >= 4 is 46.2 Å². The molecule has 0 radical (unpaired) electrons. The van der Waals surface area contributed by atoms with Crippen molar-refractivity contribution in [1.82, 2.24) is 4.90 Å². The average molecular weight is 439 g/mol. The van der Waals surface area contributed by atoms with Crippen molar-refractivity contribution in [3.05, 3.63) is 56.6 Å². The molecule has 1 amide bonds. The van der Waals surface area contributed by atoms with Crippen LogP contribution in [-0.4, -0.2) is 55.6 Å². The Morgan fingerprint density at radius 1 is 1.14 bits per heavy atom. The zero-order valence-electron chi connectivity index (χ0n) is 15.7. The lowest BCUT2D eigenvalue weighted by Gasteiger charge is -2.35. The Bertz CT molecular complexity index is 917. The highest BCUT2D eigenvalue weighted by molar-refractivity contribution is 6.31. The van der Waals surface area contributed by atoms with Gasteiger partial charge in [0, 0.05) is 42.3 Å². The van der Waals surface area contributed by atoms with Crippen LogP contribution in [0.1, 0.15) is 0 Å². The van der Waals surface area contributed by atoms with Crippen LogP contribution in [0.4, 0.5) is 17.1 Å². The normalized spacial score (nSPS) is 14.5. The van der Waals surface area contributed by atoms with E-state index in [0.29, 0.717) is 53.3 Å². The molecule has 10 heteroatoms. The van der Waals surface area contributed by atoms with Gasteiger partial charge in [0.2, 0.25) is 5.91 Å². The number of amides is 1. The molecule has 3 rings (SSSR count). The lowest BCUT2D eigenvalue weighted by Crippen LogP contribution is -2.48. The molecule has 2 aromatic carbocycles. The van der Waals surface area contributed by atoms with Crippen LogP contribution in [0, 0.1) is 10.1 Å². The Morgan fingerprint density at radius 2 is 1.79 bits per heavy atom. The second-order valence-electron chi connectivity index (χ2n) is 6.55. The van der Waals surface area contributed by atoms with Crippen LogP contribution in [0.15, 0.2) is 36.4 Å². The van der Waals surface area contributed by atoms with Gasteiger partial charge >= 0.3 is 0 Å². The van der Waals surface area contributed by atoms with Crippen molar-refractivity contribution in [2.24, 2.45) is 0 Å². The van der Waals surface area contributed by atoms with Gasteiger partial charge in [-0.15, -0.1) is 0 Å². The number of ether oxygens (including phenoxy) is 1. The fraction of sp³-hybridized carbons (Fsp3) is 0.316. The standard InChI is InChI=1S/C19H20Cl2N4O4/c1-29-18-5-3-13(20)10-15(18)22-19(26)12-23-6-8-24(9-7-23)16-4-2-14(21)11-17(16)25(27)28/h2-5,10-11H,6-9,12H2,1H3,(H,22,26). The molecule has 1 fully saturated rings. The van der Waals surface area contributed by atoms with Gasteiger partial charge in [0.25, 0.3) is 5.69 Å².